The van der Waals surface area contributed by atoms with Gasteiger partial charge in [0, 0.05) is 25.6 Å². The molecule has 15 heteroatoms. The van der Waals surface area contributed by atoms with E-state index in [-0.39, 0.29) is 47.7 Å². The van der Waals surface area contributed by atoms with Crippen LogP contribution >= 0.6 is 0 Å². The highest BCUT2D eigenvalue weighted by molar-refractivity contribution is 5.87. The molecule has 4 heterocycles. The van der Waals surface area contributed by atoms with Crippen LogP contribution in [0.4, 0.5) is 9.59 Å². The van der Waals surface area contributed by atoms with Gasteiger partial charge in [0.2, 0.25) is 11.8 Å². The van der Waals surface area contributed by atoms with Crippen molar-refractivity contribution in [2.45, 2.75) is 90.5 Å². The van der Waals surface area contributed by atoms with E-state index in [9.17, 15) is 19.2 Å². The summed E-state index contributed by atoms with van der Waals surface area (Å²) < 4.78 is 15.1. The number of alkyl carbamates (subject to hydrolysis) is 2. The second-order valence-corrected chi connectivity index (χ2v) is 16.1. The van der Waals surface area contributed by atoms with Gasteiger partial charge in [-0.3, -0.25) is 9.59 Å². The summed E-state index contributed by atoms with van der Waals surface area (Å²) in [7, 11) is 4.24. The number of ether oxygens (including phenoxy) is 3. The number of nitrogens with zero attached hydrogens (tertiary/aromatic N) is 4. The number of amides is 4. The van der Waals surface area contributed by atoms with Gasteiger partial charge in [0.15, 0.2) is 0 Å². The highest BCUT2D eigenvalue weighted by Crippen LogP contribution is 2.38. The second kappa shape index (κ2) is 18.9. The first-order valence-corrected chi connectivity index (χ1v) is 20.5. The predicted octanol–water partition coefficient (Wildman–Crippen LogP) is 6.87. The quantitative estimate of drug-likeness (QED) is 0.106. The number of H-pyrrole nitrogens is 2. The van der Waals surface area contributed by atoms with Gasteiger partial charge in [-0.05, 0) is 60.3 Å². The molecule has 2 aliphatic heterocycles. The van der Waals surface area contributed by atoms with Crippen molar-refractivity contribution in [3.05, 3.63) is 72.6 Å². The third kappa shape index (κ3) is 9.46. The van der Waals surface area contributed by atoms with Gasteiger partial charge in [0.1, 0.15) is 23.7 Å². The van der Waals surface area contributed by atoms with Gasteiger partial charge in [0.25, 0.3) is 0 Å². The van der Waals surface area contributed by atoms with Crippen LogP contribution in [0.3, 0.4) is 0 Å². The molecule has 2 aliphatic rings. The topological polar surface area (TPSA) is 184 Å². The summed E-state index contributed by atoms with van der Waals surface area (Å²) in [5.41, 5.74) is 5.70. The number of carbonyl (C=O) groups excluding carboxylic acids is 4. The number of hydrogen-bond donors (Lipinski definition) is 4. The number of imidazole rings is 2. The molecule has 0 spiro atoms. The lowest BCUT2D eigenvalue weighted by Gasteiger charge is -2.33. The van der Waals surface area contributed by atoms with Crippen LogP contribution in [0, 0.1) is 17.8 Å². The average molecular weight is 811 g/mol. The largest absolute Gasteiger partial charge is 0.453 e. The van der Waals surface area contributed by atoms with Gasteiger partial charge >= 0.3 is 12.2 Å². The van der Waals surface area contributed by atoms with Crippen molar-refractivity contribution in [2.24, 2.45) is 17.8 Å². The molecule has 0 radical (unpaired) electrons. The monoisotopic (exact) mass is 810 g/mol. The van der Waals surface area contributed by atoms with E-state index in [1.807, 2.05) is 57.8 Å². The van der Waals surface area contributed by atoms with Crippen molar-refractivity contribution < 1.29 is 33.4 Å². The first-order chi connectivity index (χ1) is 28.4. The standard InChI is InChI=1S/C44H58N8O7/c1-9-26(4)38(50-44(56)59-8)42(54)52-27(5)10-19-35(52)39-45-21-33(47-39)31-15-11-29(12-16-31)30-13-17-32(18-14-30)34-22-46-40(48-34)36-20-28(24-57-6)23-51(36)41(53)37(25(2)3)49-43(55)58-7/h11-18,21-22,25-28,35-38H,9-10,19-20,23-24H2,1-8H3,(H,45,47)(H,46,48)(H,49,55)(H,50,56). The molecule has 4 N–H and O–H groups in total. The Hall–Kier alpha value is -5.70. The molecule has 7 unspecified atom stereocenters. The fourth-order valence-corrected chi connectivity index (χ4v) is 8.30. The molecule has 4 amide bonds. The van der Waals surface area contributed by atoms with Crippen molar-refractivity contribution in [1.29, 1.82) is 0 Å². The van der Waals surface area contributed by atoms with E-state index in [0.29, 0.717) is 25.4 Å². The van der Waals surface area contributed by atoms with Crippen LogP contribution in [0.1, 0.15) is 84.0 Å². The SMILES string of the molecule is CCC(C)C(NC(=O)OC)C(=O)N1C(C)CCC1c1ncc(-c2ccc(-c3ccc(-c4cnc(C5CC(COC)CN5C(=O)C(NC(=O)OC)C(C)C)[nH]4)cc3)cc2)[nH]1. The third-order valence-corrected chi connectivity index (χ3v) is 11.9. The molecular weight excluding hydrogens is 753 g/mol. The lowest BCUT2D eigenvalue weighted by atomic mass is 9.97. The number of aromatic amines is 2. The van der Waals surface area contributed by atoms with Gasteiger partial charge in [-0.2, -0.15) is 0 Å². The third-order valence-electron chi connectivity index (χ3n) is 11.9. The van der Waals surface area contributed by atoms with Gasteiger partial charge in [-0.25, -0.2) is 19.6 Å². The molecule has 0 aliphatic carbocycles. The lowest BCUT2D eigenvalue weighted by molar-refractivity contribution is -0.137. The van der Waals surface area contributed by atoms with Crippen molar-refractivity contribution >= 4 is 24.0 Å². The van der Waals surface area contributed by atoms with Gasteiger partial charge in [-0.15, -0.1) is 0 Å². The minimum atomic E-state index is -0.741. The second-order valence-electron chi connectivity index (χ2n) is 16.1. The highest BCUT2D eigenvalue weighted by Gasteiger charge is 2.43. The van der Waals surface area contributed by atoms with E-state index in [0.717, 1.165) is 58.7 Å². The summed E-state index contributed by atoms with van der Waals surface area (Å²) in [6, 6.07) is 14.5. The van der Waals surface area contributed by atoms with E-state index < -0.39 is 24.3 Å². The first kappa shape index (κ1) is 42.9. The molecule has 0 bridgehead atoms. The first-order valence-electron chi connectivity index (χ1n) is 20.5. The number of carbonyl (C=O) groups is 4. The molecule has 2 fully saturated rings. The Labute approximate surface area is 346 Å². The van der Waals surface area contributed by atoms with Gasteiger partial charge in [-0.1, -0.05) is 82.6 Å². The van der Waals surface area contributed by atoms with E-state index >= 15 is 0 Å². The maximum absolute atomic E-state index is 13.9. The van der Waals surface area contributed by atoms with Crippen molar-refractivity contribution in [2.75, 3.05) is 34.5 Å². The van der Waals surface area contributed by atoms with E-state index in [1.54, 1.807) is 18.2 Å². The Balaban J connectivity index is 1.14. The molecule has 2 saturated heterocycles. The van der Waals surface area contributed by atoms with E-state index in [1.165, 1.54) is 14.2 Å². The number of likely N-dealkylation sites (tertiary alicyclic amines) is 2. The molecular formula is C44H58N8O7. The van der Waals surface area contributed by atoms with Crippen LogP contribution in [0.15, 0.2) is 60.9 Å². The normalized spacial score (nSPS) is 20.6. The summed E-state index contributed by atoms with van der Waals surface area (Å²) in [5, 5.41) is 5.47. The zero-order valence-electron chi connectivity index (χ0n) is 35.3. The molecule has 0 saturated carbocycles. The number of rotatable bonds is 14. The van der Waals surface area contributed by atoms with Crippen LogP contribution in [0.2, 0.25) is 0 Å². The molecule has 6 rings (SSSR count). The van der Waals surface area contributed by atoms with Crippen LogP contribution in [0.25, 0.3) is 33.6 Å². The molecule has 15 nitrogen and oxygen atoms in total. The highest BCUT2D eigenvalue weighted by atomic mass is 16.5. The molecule has 316 valence electrons. The summed E-state index contributed by atoms with van der Waals surface area (Å²) in [6.07, 6.45) is 5.34. The fourth-order valence-electron chi connectivity index (χ4n) is 8.30. The van der Waals surface area contributed by atoms with Crippen molar-refractivity contribution in [1.82, 2.24) is 40.4 Å². The minimum absolute atomic E-state index is 0.00364. The molecule has 4 aromatic rings. The van der Waals surface area contributed by atoms with Crippen LogP contribution in [-0.4, -0.2) is 106 Å². The Kier molecular flexibility index (Phi) is 13.8. The number of benzene rings is 2. The number of aromatic nitrogens is 4. The molecule has 59 heavy (non-hydrogen) atoms. The zero-order valence-corrected chi connectivity index (χ0v) is 35.3. The smallest absolute Gasteiger partial charge is 0.407 e. The number of hydrogen-bond acceptors (Lipinski definition) is 9. The lowest BCUT2D eigenvalue weighted by Crippen LogP contribution is -2.53. The molecule has 2 aromatic heterocycles. The maximum Gasteiger partial charge on any atom is 0.407 e. The van der Waals surface area contributed by atoms with E-state index in [2.05, 4.69) is 57.0 Å². The molecule has 7 atom stereocenters. The Bertz CT molecular complexity index is 2060. The van der Waals surface area contributed by atoms with E-state index in [4.69, 9.17) is 24.2 Å². The van der Waals surface area contributed by atoms with Crippen molar-refractivity contribution in [3.8, 4) is 33.6 Å². The van der Waals surface area contributed by atoms with Crippen LogP contribution in [-0.2, 0) is 23.8 Å². The zero-order chi connectivity index (χ0) is 42.4. The van der Waals surface area contributed by atoms with Crippen molar-refractivity contribution in [3.63, 3.8) is 0 Å². The number of nitrogens with one attached hydrogen (secondary N) is 4. The van der Waals surface area contributed by atoms with Gasteiger partial charge < -0.3 is 44.6 Å². The minimum Gasteiger partial charge on any atom is -0.453 e. The maximum atomic E-state index is 13.9. The summed E-state index contributed by atoms with van der Waals surface area (Å²) in [6.45, 7) is 10.8. The van der Waals surface area contributed by atoms with Gasteiger partial charge in [0.05, 0.1) is 56.7 Å². The Morgan fingerprint density at radius 2 is 1.25 bits per heavy atom. The predicted molar refractivity (Wildman–Crippen MR) is 223 cm³/mol. The average Bonchev–Trinajstić information content (AvgIpc) is 4.08. The molecule has 2 aromatic carbocycles. The summed E-state index contributed by atoms with van der Waals surface area (Å²) >= 11 is 0. The fraction of sp³-hybridized carbons (Fsp3) is 0.500. The Morgan fingerprint density at radius 1 is 0.746 bits per heavy atom. The summed E-state index contributed by atoms with van der Waals surface area (Å²) in [4.78, 5) is 72.1. The van der Waals surface area contributed by atoms with Crippen LogP contribution < -0.4 is 10.6 Å². The summed E-state index contributed by atoms with van der Waals surface area (Å²) in [5.74, 6) is 0.998. The Morgan fingerprint density at radius 3 is 1.75 bits per heavy atom. The number of methoxy groups -OCH3 is 3. The van der Waals surface area contributed by atoms with Crippen LogP contribution in [0.5, 0.6) is 0 Å².